The van der Waals surface area contributed by atoms with Crippen molar-refractivity contribution in [1.29, 1.82) is 0 Å². The molecule has 0 unspecified atom stereocenters. The van der Waals surface area contributed by atoms with Gasteiger partial charge in [0, 0.05) is 6.92 Å². The molecular weight excluding hydrogens is 179 g/mol. The highest BCUT2D eigenvalue weighted by atomic mass is 19.4. The number of hydrogen-bond acceptors (Lipinski definition) is 3. The molecule has 0 atom stereocenters. The van der Waals surface area contributed by atoms with Crippen molar-refractivity contribution in [3.8, 4) is 0 Å². The topological polar surface area (TPSA) is 60.2 Å². The number of ketones is 1. The molecule has 0 spiro atoms. The number of halogens is 3. The third-order valence-electron chi connectivity index (χ3n) is 0.858. The molecule has 0 amide bonds. The SMILES string of the molecule is CC(=O)/C(=C\C(F)(F)F)[N+](=O)[O-]. The zero-order chi connectivity index (χ0) is 9.94. The van der Waals surface area contributed by atoms with E-state index in [1.807, 2.05) is 0 Å². The Morgan fingerprint density at radius 3 is 2.00 bits per heavy atom. The minimum atomic E-state index is -4.84. The highest BCUT2D eigenvalue weighted by Gasteiger charge is 2.31. The van der Waals surface area contributed by atoms with E-state index >= 15 is 0 Å². The molecule has 0 aromatic rings. The molecule has 68 valence electrons. The van der Waals surface area contributed by atoms with E-state index in [1.165, 1.54) is 0 Å². The highest BCUT2D eigenvalue weighted by Crippen LogP contribution is 2.18. The van der Waals surface area contributed by atoms with Crippen molar-refractivity contribution in [3.63, 3.8) is 0 Å². The number of hydrogen-bond donors (Lipinski definition) is 0. The molecule has 0 bridgehead atoms. The number of alkyl halides is 3. The number of rotatable bonds is 2. The van der Waals surface area contributed by atoms with Crippen molar-refractivity contribution in [2.75, 3.05) is 0 Å². The Labute approximate surface area is 64.8 Å². The molecule has 0 saturated carbocycles. The molecule has 7 heteroatoms. The van der Waals surface area contributed by atoms with Gasteiger partial charge in [-0.25, -0.2) is 0 Å². The lowest BCUT2D eigenvalue weighted by molar-refractivity contribution is -0.420. The van der Waals surface area contributed by atoms with Gasteiger partial charge in [0.25, 0.3) is 0 Å². The second-order valence-electron chi connectivity index (χ2n) is 1.88. The lowest BCUT2D eigenvalue weighted by Gasteiger charge is -1.97. The van der Waals surface area contributed by atoms with E-state index in [1.54, 1.807) is 0 Å². The van der Waals surface area contributed by atoms with Gasteiger partial charge in [-0.2, -0.15) is 13.2 Å². The van der Waals surface area contributed by atoms with Crippen LogP contribution in [0.1, 0.15) is 6.92 Å². The summed E-state index contributed by atoms with van der Waals surface area (Å²) in [5.41, 5.74) is -1.46. The average Bonchev–Trinajstić information content (AvgIpc) is 1.79. The zero-order valence-electron chi connectivity index (χ0n) is 5.88. The van der Waals surface area contributed by atoms with Crippen molar-refractivity contribution >= 4 is 5.78 Å². The molecule has 4 nitrogen and oxygen atoms in total. The smallest absolute Gasteiger partial charge is 0.288 e. The maximum atomic E-state index is 11.5. The predicted octanol–water partition coefficient (Wildman–Crippen LogP) is 1.30. The first-order valence-corrected chi connectivity index (χ1v) is 2.69. The summed E-state index contributed by atoms with van der Waals surface area (Å²) in [5, 5.41) is 9.84. The van der Waals surface area contributed by atoms with E-state index in [-0.39, 0.29) is 0 Å². The maximum absolute atomic E-state index is 11.5. The molecule has 0 aromatic carbocycles. The summed E-state index contributed by atoms with van der Waals surface area (Å²) in [6, 6.07) is 0. The maximum Gasteiger partial charge on any atom is 0.416 e. The number of carbonyl (C=O) groups is 1. The average molecular weight is 183 g/mol. The lowest BCUT2D eigenvalue weighted by atomic mass is 10.3. The number of nitro groups is 1. The molecule has 0 radical (unpaired) electrons. The Balaban J connectivity index is 4.88. The van der Waals surface area contributed by atoms with Crippen molar-refractivity contribution in [1.82, 2.24) is 0 Å². The fraction of sp³-hybridized carbons (Fsp3) is 0.400. The summed E-state index contributed by atoms with van der Waals surface area (Å²) in [5.74, 6) is -1.22. The number of carbonyl (C=O) groups excluding carboxylic acids is 1. The predicted molar refractivity (Wildman–Crippen MR) is 31.8 cm³/mol. The molecule has 0 saturated heterocycles. The second kappa shape index (κ2) is 3.33. The van der Waals surface area contributed by atoms with Crippen LogP contribution in [-0.4, -0.2) is 16.9 Å². The summed E-state index contributed by atoms with van der Waals surface area (Å²) >= 11 is 0. The summed E-state index contributed by atoms with van der Waals surface area (Å²) in [6.45, 7) is 0.695. The van der Waals surface area contributed by atoms with Gasteiger partial charge in [0.05, 0.1) is 4.92 Å². The number of Topliss-reactive ketones (excluding diaryl/α,β-unsaturated/α-hetero) is 1. The van der Waals surface area contributed by atoms with Crippen LogP contribution in [0.4, 0.5) is 13.2 Å². The standard InChI is InChI=1S/C5H4F3NO3/c1-3(10)4(9(11)12)2-5(6,7)8/h2H,1H3/b4-2+. The van der Waals surface area contributed by atoms with Crippen molar-refractivity contribution < 1.29 is 22.9 Å². The Hall–Kier alpha value is -1.40. The fourth-order valence-electron chi connectivity index (χ4n) is 0.438. The van der Waals surface area contributed by atoms with Crippen molar-refractivity contribution in [3.05, 3.63) is 21.9 Å². The van der Waals surface area contributed by atoms with Crippen molar-refractivity contribution in [2.24, 2.45) is 0 Å². The lowest BCUT2D eigenvalue weighted by Crippen LogP contribution is -2.13. The Morgan fingerprint density at radius 2 is 1.92 bits per heavy atom. The Bertz CT molecular complexity index is 227. The quantitative estimate of drug-likeness (QED) is 0.368. The van der Waals surface area contributed by atoms with Gasteiger partial charge >= 0.3 is 11.9 Å². The van der Waals surface area contributed by atoms with Crippen LogP contribution < -0.4 is 0 Å². The molecule has 0 rings (SSSR count). The third kappa shape index (κ3) is 3.69. The van der Waals surface area contributed by atoms with E-state index in [0.717, 1.165) is 0 Å². The molecular formula is C5H4F3NO3. The van der Waals surface area contributed by atoms with E-state index in [0.29, 0.717) is 6.92 Å². The highest BCUT2D eigenvalue weighted by molar-refractivity contribution is 5.90. The molecule has 12 heavy (non-hydrogen) atoms. The van der Waals surface area contributed by atoms with Gasteiger partial charge in [0.15, 0.2) is 0 Å². The van der Waals surface area contributed by atoms with Gasteiger partial charge in [-0.15, -0.1) is 0 Å². The third-order valence-corrected chi connectivity index (χ3v) is 0.858. The van der Waals surface area contributed by atoms with Gasteiger partial charge in [-0.3, -0.25) is 14.9 Å². The van der Waals surface area contributed by atoms with Crippen LogP contribution in [0.15, 0.2) is 11.8 Å². The number of allylic oxidation sites excluding steroid dienone is 2. The molecule has 0 aromatic heterocycles. The van der Waals surface area contributed by atoms with Crippen LogP contribution in [0.3, 0.4) is 0 Å². The van der Waals surface area contributed by atoms with Crippen LogP contribution in [0, 0.1) is 10.1 Å². The Kier molecular flexibility index (Phi) is 2.94. The van der Waals surface area contributed by atoms with Crippen LogP contribution in [0.5, 0.6) is 0 Å². The van der Waals surface area contributed by atoms with Crippen molar-refractivity contribution in [2.45, 2.75) is 13.1 Å². The monoisotopic (exact) mass is 183 g/mol. The van der Waals surface area contributed by atoms with Crippen LogP contribution in [-0.2, 0) is 4.79 Å². The van der Waals surface area contributed by atoms with E-state index in [2.05, 4.69) is 0 Å². The van der Waals surface area contributed by atoms with E-state index in [9.17, 15) is 28.1 Å². The van der Waals surface area contributed by atoms with Gasteiger partial charge in [0.2, 0.25) is 5.78 Å². The summed E-state index contributed by atoms with van der Waals surface area (Å²) < 4.78 is 34.5. The second-order valence-corrected chi connectivity index (χ2v) is 1.88. The van der Waals surface area contributed by atoms with E-state index in [4.69, 9.17) is 0 Å². The van der Waals surface area contributed by atoms with Gasteiger partial charge < -0.3 is 0 Å². The fourth-order valence-corrected chi connectivity index (χ4v) is 0.438. The Morgan fingerprint density at radius 1 is 1.50 bits per heavy atom. The summed E-state index contributed by atoms with van der Waals surface area (Å²) in [6.07, 6.45) is -5.47. The molecule has 0 fully saturated rings. The molecule has 0 heterocycles. The van der Waals surface area contributed by atoms with Crippen LogP contribution >= 0.6 is 0 Å². The van der Waals surface area contributed by atoms with Gasteiger partial charge in [-0.1, -0.05) is 0 Å². The van der Waals surface area contributed by atoms with Crippen LogP contribution in [0.2, 0.25) is 0 Å². The summed E-state index contributed by atoms with van der Waals surface area (Å²) in [7, 11) is 0. The van der Waals surface area contributed by atoms with Crippen LogP contribution in [0.25, 0.3) is 0 Å². The van der Waals surface area contributed by atoms with Gasteiger partial charge in [0.1, 0.15) is 6.08 Å². The first kappa shape index (κ1) is 10.6. The first-order chi connectivity index (χ1) is 5.24. The largest absolute Gasteiger partial charge is 0.416 e. The first-order valence-electron chi connectivity index (χ1n) is 2.69. The minimum Gasteiger partial charge on any atom is -0.288 e. The molecule has 0 aliphatic heterocycles. The number of nitrogens with zero attached hydrogens (tertiary/aromatic N) is 1. The molecule has 0 N–H and O–H groups in total. The van der Waals surface area contributed by atoms with E-state index < -0.39 is 28.7 Å². The zero-order valence-corrected chi connectivity index (χ0v) is 5.88. The molecule has 0 aliphatic rings. The summed E-state index contributed by atoms with van der Waals surface area (Å²) in [4.78, 5) is 18.7. The minimum absolute atomic E-state index is 0.630. The van der Waals surface area contributed by atoms with Gasteiger partial charge in [-0.05, 0) is 0 Å². The normalized spacial score (nSPS) is 12.8. The molecule has 0 aliphatic carbocycles.